The molecular weight excluding hydrogens is 442 g/mol. The molecule has 0 radical (unpaired) electrons. The molecule has 3 aliphatic carbocycles. The molecule has 170 valence electrons. The minimum absolute atomic E-state index is 0.0335. The number of phenolic OH excluding ortho intramolecular Hbond substituents is 1. The minimum atomic E-state index is -0.693. The monoisotopic (exact) mass is 465 g/mol. The number of fused-ring (bicyclic) bond motifs is 3. The maximum atomic E-state index is 13.3. The van der Waals surface area contributed by atoms with Crippen LogP contribution in [0.3, 0.4) is 0 Å². The van der Waals surface area contributed by atoms with Crippen molar-refractivity contribution in [1.82, 2.24) is 4.90 Å². The molecule has 6 nitrogen and oxygen atoms in total. The first-order valence-electron chi connectivity index (χ1n) is 11.3. The van der Waals surface area contributed by atoms with Gasteiger partial charge in [0.1, 0.15) is 5.75 Å². The van der Waals surface area contributed by atoms with Crippen LogP contribution in [0.2, 0.25) is 5.02 Å². The number of halogens is 1. The molecule has 1 aromatic rings. The lowest BCUT2D eigenvalue weighted by Gasteiger charge is -2.42. The zero-order valence-corrected chi connectivity index (χ0v) is 19.2. The fraction of sp³-hybridized carbons (Fsp3) is 0.385. The Balaban J connectivity index is 1.70. The molecule has 1 saturated heterocycles. The van der Waals surface area contributed by atoms with Crippen molar-refractivity contribution in [3.05, 3.63) is 63.2 Å². The molecule has 2 amide bonds. The van der Waals surface area contributed by atoms with Gasteiger partial charge >= 0.3 is 0 Å². The van der Waals surface area contributed by atoms with Crippen molar-refractivity contribution in [2.24, 2.45) is 17.8 Å². The van der Waals surface area contributed by atoms with Crippen molar-refractivity contribution >= 4 is 35.0 Å². The second-order valence-electron chi connectivity index (χ2n) is 9.26. The van der Waals surface area contributed by atoms with Gasteiger partial charge in [0.05, 0.1) is 11.8 Å². The average Bonchev–Trinajstić information content (AvgIpc) is 3.03. The number of amides is 2. The second kappa shape index (κ2) is 7.80. The summed E-state index contributed by atoms with van der Waals surface area (Å²) < 4.78 is 0. The molecule has 0 bridgehead atoms. The van der Waals surface area contributed by atoms with Gasteiger partial charge in [-0.05, 0) is 56.4 Å². The van der Waals surface area contributed by atoms with Crippen LogP contribution in [0, 0.1) is 17.8 Å². The van der Waals surface area contributed by atoms with Gasteiger partial charge in [-0.1, -0.05) is 30.2 Å². The van der Waals surface area contributed by atoms with Crippen LogP contribution >= 0.6 is 11.6 Å². The molecule has 1 heterocycles. The van der Waals surface area contributed by atoms with E-state index in [0.717, 1.165) is 5.57 Å². The third kappa shape index (κ3) is 3.15. The van der Waals surface area contributed by atoms with Gasteiger partial charge in [0.15, 0.2) is 11.6 Å². The number of hydrogen-bond donors (Lipinski definition) is 1. The second-order valence-corrected chi connectivity index (χ2v) is 9.70. The van der Waals surface area contributed by atoms with Gasteiger partial charge in [-0.3, -0.25) is 24.1 Å². The van der Waals surface area contributed by atoms with Crippen LogP contribution in [0.25, 0.3) is 0 Å². The van der Waals surface area contributed by atoms with Crippen molar-refractivity contribution in [3.8, 4) is 5.75 Å². The van der Waals surface area contributed by atoms with Crippen LogP contribution in [-0.4, -0.2) is 39.9 Å². The summed E-state index contributed by atoms with van der Waals surface area (Å²) in [4.78, 5) is 54.0. The van der Waals surface area contributed by atoms with Crippen molar-refractivity contribution in [2.45, 2.75) is 39.0 Å². The molecule has 33 heavy (non-hydrogen) atoms. The van der Waals surface area contributed by atoms with E-state index in [0.29, 0.717) is 46.7 Å². The lowest BCUT2D eigenvalue weighted by atomic mass is 9.59. The van der Waals surface area contributed by atoms with E-state index in [1.165, 1.54) is 17.0 Å². The first-order chi connectivity index (χ1) is 15.7. The Labute approximate surface area is 196 Å². The standard InChI is InChI=1S/C26H24ClNO5/c1-3-8-28-25(32)15-6-5-14-16(22(15)26(28)33)11-18-20(30)9-12(2)24(31)23(18)21(14)17-10-13(27)4-7-19(17)29/h4-5,7,9-10,15-16,21-22,29H,3,6,8,11H2,1-2H3/t15-,16+,21+,22-/m0/s1. The summed E-state index contributed by atoms with van der Waals surface area (Å²) >= 11 is 6.25. The van der Waals surface area contributed by atoms with E-state index in [1.54, 1.807) is 19.1 Å². The Morgan fingerprint density at radius 3 is 2.61 bits per heavy atom. The smallest absolute Gasteiger partial charge is 0.233 e. The maximum Gasteiger partial charge on any atom is 0.233 e. The molecule has 0 aromatic heterocycles. The molecule has 0 unspecified atom stereocenters. The maximum absolute atomic E-state index is 13.3. The Morgan fingerprint density at radius 2 is 1.88 bits per heavy atom. The number of rotatable bonds is 3. The van der Waals surface area contributed by atoms with E-state index in [9.17, 15) is 24.3 Å². The number of carbonyl (C=O) groups is 4. The zero-order chi connectivity index (χ0) is 23.6. The van der Waals surface area contributed by atoms with Crippen LogP contribution in [0.5, 0.6) is 5.75 Å². The molecular formula is C26H24ClNO5. The number of ketones is 2. The number of nitrogens with zero attached hydrogens (tertiary/aromatic N) is 1. The zero-order valence-electron chi connectivity index (χ0n) is 18.4. The molecule has 0 spiro atoms. The highest BCUT2D eigenvalue weighted by molar-refractivity contribution is 6.30. The number of likely N-dealkylation sites (tertiary alicyclic amines) is 1. The Morgan fingerprint density at radius 1 is 1.12 bits per heavy atom. The highest BCUT2D eigenvalue weighted by atomic mass is 35.5. The molecule has 1 fully saturated rings. The summed E-state index contributed by atoms with van der Waals surface area (Å²) in [5.74, 6) is -3.01. The van der Waals surface area contributed by atoms with Gasteiger partial charge in [-0.15, -0.1) is 0 Å². The SMILES string of the molecule is CCCN1C(=O)[C@H]2[C@H](CC=C3[C@H](c4cc(Cl)ccc4O)C4=C(C[C@H]32)C(=O)C=C(C)C4=O)C1=O. The summed E-state index contributed by atoms with van der Waals surface area (Å²) in [6, 6.07) is 4.64. The van der Waals surface area contributed by atoms with E-state index < -0.39 is 23.7 Å². The molecule has 4 atom stereocenters. The highest BCUT2D eigenvalue weighted by Gasteiger charge is 2.56. The normalized spacial score (nSPS) is 29.0. The fourth-order valence-corrected chi connectivity index (χ4v) is 6.16. The molecule has 0 saturated carbocycles. The average molecular weight is 466 g/mol. The summed E-state index contributed by atoms with van der Waals surface area (Å²) in [6.45, 7) is 3.90. The van der Waals surface area contributed by atoms with E-state index >= 15 is 0 Å². The molecule has 1 aliphatic heterocycles. The molecule has 1 aromatic carbocycles. The number of phenols is 1. The summed E-state index contributed by atoms with van der Waals surface area (Å²) in [7, 11) is 0. The first-order valence-corrected chi connectivity index (χ1v) is 11.7. The van der Waals surface area contributed by atoms with Gasteiger partial charge in [-0.2, -0.15) is 0 Å². The number of allylic oxidation sites excluding steroid dienone is 6. The number of benzene rings is 1. The predicted octanol–water partition coefficient (Wildman–Crippen LogP) is 3.89. The highest BCUT2D eigenvalue weighted by Crippen LogP contribution is 2.56. The number of Topliss-reactive ketones (excluding diaryl/α,β-unsaturated/α-hetero) is 1. The Kier molecular flexibility index (Phi) is 5.16. The first kappa shape index (κ1) is 21.8. The van der Waals surface area contributed by atoms with Gasteiger partial charge in [0.25, 0.3) is 0 Å². The van der Waals surface area contributed by atoms with Crippen LogP contribution in [-0.2, 0) is 19.2 Å². The van der Waals surface area contributed by atoms with Gasteiger partial charge in [0.2, 0.25) is 11.8 Å². The van der Waals surface area contributed by atoms with Crippen LogP contribution < -0.4 is 0 Å². The quantitative estimate of drug-likeness (QED) is 0.415. The van der Waals surface area contributed by atoms with Crippen molar-refractivity contribution in [1.29, 1.82) is 0 Å². The van der Waals surface area contributed by atoms with E-state index in [-0.39, 0.29) is 35.6 Å². The van der Waals surface area contributed by atoms with Gasteiger partial charge < -0.3 is 5.11 Å². The molecule has 5 rings (SSSR count). The van der Waals surface area contributed by atoms with E-state index in [1.807, 2.05) is 13.0 Å². The van der Waals surface area contributed by atoms with E-state index in [2.05, 4.69) is 0 Å². The fourth-order valence-electron chi connectivity index (χ4n) is 5.98. The molecule has 1 N–H and O–H groups in total. The number of hydrogen-bond acceptors (Lipinski definition) is 5. The third-order valence-electron chi connectivity index (χ3n) is 7.40. The number of carbonyl (C=O) groups excluding carboxylic acids is 4. The largest absolute Gasteiger partial charge is 0.508 e. The number of imide groups is 1. The molecule has 7 heteroatoms. The summed E-state index contributed by atoms with van der Waals surface area (Å²) in [6.07, 6.45) is 4.57. The topological polar surface area (TPSA) is 91.8 Å². The minimum Gasteiger partial charge on any atom is -0.508 e. The van der Waals surface area contributed by atoms with Gasteiger partial charge in [-0.25, -0.2) is 0 Å². The molecule has 4 aliphatic rings. The van der Waals surface area contributed by atoms with Gasteiger partial charge in [0, 0.05) is 39.8 Å². The third-order valence-corrected chi connectivity index (χ3v) is 7.64. The lowest BCUT2D eigenvalue weighted by molar-refractivity contribution is -0.140. The Bertz CT molecular complexity index is 1220. The lowest BCUT2D eigenvalue weighted by Crippen LogP contribution is -2.39. The Hall–Kier alpha value is -2.99. The summed E-state index contributed by atoms with van der Waals surface area (Å²) in [5.41, 5.74) is 2.30. The van der Waals surface area contributed by atoms with Crippen molar-refractivity contribution < 1.29 is 24.3 Å². The van der Waals surface area contributed by atoms with Crippen LogP contribution in [0.1, 0.15) is 44.6 Å². The van der Waals surface area contributed by atoms with Crippen LogP contribution in [0.4, 0.5) is 0 Å². The summed E-state index contributed by atoms with van der Waals surface area (Å²) in [5, 5.41) is 11.1. The van der Waals surface area contributed by atoms with Crippen LogP contribution in [0.15, 0.2) is 52.6 Å². The predicted molar refractivity (Wildman–Crippen MR) is 121 cm³/mol. The van der Waals surface area contributed by atoms with E-state index in [4.69, 9.17) is 11.6 Å². The van der Waals surface area contributed by atoms with Crippen molar-refractivity contribution in [3.63, 3.8) is 0 Å². The van der Waals surface area contributed by atoms with Crippen molar-refractivity contribution in [2.75, 3.05) is 6.54 Å². The number of aromatic hydroxyl groups is 1.